The molecular weight excluding hydrogens is 210 g/mol. The lowest BCUT2D eigenvalue weighted by molar-refractivity contribution is 0.460. The van der Waals surface area contributed by atoms with Gasteiger partial charge in [0.05, 0.1) is 12.2 Å². The smallest absolute Gasteiger partial charge is 0.0615 e. The molecule has 1 unspecified atom stereocenters. The van der Waals surface area contributed by atoms with E-state index in [9.17, 15) is 0 Å². The Hall–Kier alpha value is -1.61. The van der Waals surface area contributed by atoms with E-state index in [1.807, 2.05) is 16.9 Å². The van der Waals surface area contributed by atoms with E-state index >= 15 is 0 Å². The maximum Gasteiger partial charge on any atom is 0.0615 e. The van der Waals surface area contributed by atoms with Crippen molar-refractivity contribution in [1.29, 1.82) is 0 Å². The minimum Gasteiger partial charge on any atom is -0.315 e. The zero-order valence-corrected chi connectivity index (χ0v) is 10.4. The van der Waals surface area contributed by atoms with Crippen molar-refractivity contribution < 1.29 is 0 Å². The Kier molecular flexibility index (Phi) is 3.94. The van der Waals surface area contributed by atoms with E-state index < -0.39 is 0 Å². The highest BCUT2D eigenvalue weighted by Gasteiger charge is 2.06. The number of benzene rings is 1. The predicted octanol–water partition coefficient (Wildman–Crippen LogP) is 2.72. The lowest BCUT2D eigenvalue weighted by atomic mass is 10.1. The third kappa shape index (κ3) is 2.94. The van der Waals surface area contributed by atoms with Crippen molar-refractivity contribution in [2.45, 2.75) is 19.9 Å². The largest absolute Gasteiger partial charge is 0.315 e. The monoisotopic (exact) mass is 229 g/mol. The molecule has 0 aliphatic rings. The van der Waals surface area contributed by atoms with Gasteiger partial charge in [-0.25, -0.2) is 0 Å². The second-order valence-corrected chi connectivity index (χ2v) is 4.23. The van der Waals surface area contributed by atoms with Crippen molar-refractivity contribution in [3.63, 3.8) is 0 Å². The molecule has 2 rings (SSSR count). The van der Waals surface area contributed by atoms with Crippen molar-refractivity contribution in [3.8, 4) is 11.1 Å². The lowest BCUT2D eigenvalue weighted by Gasteiger charge is -2.11. The summed E-state index contributed by atoms with van der Waals surface area (Å²) >= 11 is 0. The van der Waals surface area contributed by atoms with Crippen LogP contribution in [-0.2, 0) is 0 Å². The molecule has 0 fully saturated rings. The summed E-state index contributed by atoms with van der Waals surface area (Å²) < 4.78 is 2.02. The molecule has 1 aromatic carbocycles. The first kappa shape index (κ1) is 11.9. The molecule has 17 heavy (non-hydrogen) atoms. The number of hydrogen-bond acceptors (Lipinski definition) is 2. The first-order valence-electron chi connectivity index (χ1n) is 6.11. The van der Waals surface area contributed by atoms with Gasteiger partial charge in [0.1, 0.15) is 0 Å². The van der Waals surface area contributed by atoms with Gasteiger partial charge in [-0.3, -0.25) is 4.68 Å². The van der Waals surface area contributed by atoms with Gasteiger partial charge in [0.25, 0.3) is 0 Å². The molecule has 0 aliphatic heterocycles. The first-order valence-corrected chi connectivity index (χ1v) is 6.11. The fourth-order valence-electron chi connectivity index (χ4n) is 1.81. The molecule has 1 aromatic heterocycles. The van der Waals surface area contributed by atoms with Crippen LogP contribution in [0.3, 0.4) is 0 Å². The number of hydrogen-bond donors (Lipinski definition) is 1. The SMILES string of the molecule is CCNCC(C)n1cc(-c2ccccc2)cn1. The second kappa shape index (κ2) is 5.64. The number of nitrogens with zero attached hydrogens (tertiary/aromatic N) is 2. The molecule has 1 heterocycles. The highest BCUT2D eigenvalue weighted by molar-refractivity contribution is 5.61. The topological polar surface area (TPSA) is 29.9 Å². The Morgan fingerprint density at radius 2 is 2.00 bits per heavy atom. The fourth-order valence-corrected chi connectivity index (χ4v) is 1.81. The van der Waals surface area contributed by atoms with Gasteiger partial charge in [0.2, 0.25) is 0 Å². The molecule has 3 heteroatoms. The molecule has 2 aromatic rings. The fraction of sp³-hybridized carbons (Fsp3) is 0.357. The van der Waals surface area contributed by atoms with Gasteiger partial charge < -0.3 is 5.32 Å². The lowest BCUT2D eigenvalue weighted by Crippen LogP contribution is -2.23. The van der Waals surface area contributed by atoms with Crippen LogP contribution < -0.4 is 5.32 Å². The zero-order valence-electron chi connectivity index (χ0n) is 10.4. The summed E-state index contributed by atoms with van der Waals surface area (Å²) in [5, 5.41) is 7.76. The van der Waals surface area contributed by atoms with Gasteiger partial charge in [-0.2, -0.15) is 5.10 Å². The van der Waals surface area contributed by atoms with Crippen LogP contribution in [0.5, 0.6) is 0 Å². The van der Waals surface area contributed by atoms with E-state index in [2.05, 4.69) is 54.7 Å². The number of likely N-dealkylation sites (N-methyl/N-ethyl adjacent to an activating group) is 1. The summed E-state index contributed by atoms with van der Waals surface area (Å²) in [6.07, 6.45) is 4.04. The van der Waals surface area contributed by atoms with Crippen LogP contribution in [0.25, 0.3) is 11.1 Å². The van der Waals surface area contributed by atoms with E-state index in [0.29, 0.717) is 6.04 Å². The van der Waals surface area contributed by atoms with Gasteiger partial charge in [-0.15, -0.1) is 0 Å². The minimum atomic E-state index is 0.382. The Balaban J connectivity index is 2.11. The molecule has 0 spiro atoms. The molecule has 0 saturated carbocycles. The first-order chi connectivity index (χ1) is 8.31. The molecular formula is C14H19N3. The normalized spacial score (nSPS) is 12.6. The van der Waals surface area contributed by atoms with Crippen molar-refractivity contribution in [2.24, 2.45) is 0 Å². The van der Waals surface area contributed by atoms with E-state index in [1.54, 1.807) is 0 Å². The Bertz CT molecular complexity index is 448. The molecule has 1 atom stereocenters. The van der Waals surface area contributed by atoms with Crippen molar-refractivity contribution in [3.05, 3.63) is 42.7 Å². The average molecular weight is 229 g/mol. The Morgan fingerprint density at radius 3 is 2.71 bits per heavy atom. The van der Waals surface area contributed by atoms with Crippen LogP contribution in [0.2, 0.25) is 0 Å². The van der Waals surface area contributed by atoms with E-state index in [4.69, 9.17) is 0 Å². The van der Waals surface area contributed by atoms with E-state index in [1.165, 1.54) is 11.1 Å². The predicted molar refractivity (Wildman–Crippen MR) is 70.9 cm³/mol. The number of nitrogens with one attached hydrogen (secondary N) is 1. The molecule has 90 valence electrons. The van der Waals surface area contributed by atoms with Crippen LogP contribution in [0.15, 0.2) is 42.7 Å². The van der Waals surface area contributed by atoms with Crippen LogP contribution in [0, 0.1) is 0 Å². The van der Waals surface area contributed by atoms with Crippen LogP contribution in [0.1, 0.15) is 19.9 Å². The highest BCUT2D eigenvalue weighted by atomic mass is 15.3. The summed E-state index contributed by atoms with van der Waals surface area (Å²) in [5.41, 5.74) is 2.39. The van der Waals surface area contributed by atoms with Crippen molar-refractivity contribution in [2.75, 3.05) is 13.1 Å². The Labute approximate surface area is 102 Å². The van der Waals surface area contributed by atoms with Gasteiger partial charge in [-0.05, 0) is 19.0 Å². The molecule has 0 aliphatic carbocycles. The molecule has 0 amide bonds. The third-order valence-corrected chi connectivity index (χ3v) is 2.85. The number of aromatic nitrogens is 2. The summed E-state index contributed by atoms with van der Waals surface area (Å²) in [7, 11) is 0. The van der Waals surface area contributed by atoms with Crippen LogP contribution >= 0.6 is 0 Å². The standard InChI is InChI=1S/C14H19N3/c1-3-15-9-12(2)17-11-14(10-16-17)13-7-5-4-6-8-13/h4-8,10-12,15H,3,9H2,1-2H3. The van der Waals surface area contributed by atoms with Crippen molar-refractivity contribution in [1.82, 2.24) is 15.1 Å². The average Bonchev–Trinajstić information content (AvgIpc) is 2.86. The quantitative estimate of drug-likeness (QED) is 0.854. The summed E-state index contributed by atoms with van der Waals surface area (Å²) in [5.74, 6) is 0. The second-order valence-electron chi connectivity index (χ2n) is 4.23. The minimum absolute atomic E-state index is 0.382. The molecule has 1 N–H and O–H groups in total. The summed E-state index contributed by atoms with van der Waals surface area (Å²) in [4.78, 5) is 0. The molecule has 3 nitrogen and oxygen atoms in total. The summed E-state index contributed by atoms with van der Waals surface area (Å²) in [6.45, 7) is 6.24. The molecule has 0 bridgehead atoms. The van der Waals surface area contributed by atoms with Gasteiger partial charge in [0.15, 0.2) is 0 Å². The van der Waals surface area contributed by atoms with Crippen LogP contribution in [0.4, 0.5) is 0 Å². The number of rotatable bonds is 5. The maximum atomic E-state index is 4.42. The van der Waals surface area contributed by atoms with Gasteiger partial charge in [0, 0.05) is 18.3 Å². The maximum absolute atomic E-state index is 4.42. The highest BCUT2D eigenvalue weighted by Crippen LogP contribution is 2.19. The van der Waals surface area contributed by atoms with E-state index in [0.717, 1.165) is 13.1 Å². The van der Waals surface area contributed by atoms with Gasteiger partial charge >= 0.3 is 0 Å². The third-order valence-electron chi connectivity index (χ3n) is 2.85. The van der Waals surface area contributed by atoms with Crippen LogP contribution in [-0.4, -0.2) is 22.9 Å². The molecule has 0 saturated heterocycles. The summed E-state index contributed by atoms with van der Waals surface area (Å²) in [6, 6.07) is 10.7. The van der Waals surface area contributed by atoms with Crippen molar-refractivity contribution >= 4 is 0 Å². The Morgan fingerprint density at radius 1 is 1.24 bits per heavy atom. The van der Waals surface area contributed by atoms with E-state index in [-0.39, 0.29) is 0 Å². The molecule has 0 radical (unpaired) electrons. The van der Waals surface area contributed by atoms with Gasteiger partial charge in [-0.1, -0.05) is 37.3 Å². The zero-order chi connectivity index (χ0) is 12.1.